The van der Waals surface area contributed by atoms with Crippen molar-refractivity contribution >= 4 is 22.8 Å². The largest absolute Gasteiger partial charge is 0.496 e. The highest BCUT2D eigenvalue weighted by molar-refractivity contribution is 6.04. The maximum atomic E-state index is 12.0. The first-order valence-electron chi connectivity index (χ1n) is 8.39. The molecule has 0 saturated heterocycles. The summed E-state index contributed by atoms with van der Waals surface area (Å²) in [6.07, 6.45) is 0. The van der Waals surface area contributed by atoms with Crippen LogP contribution in [0.15, 0.2) is 22.6 Å². The number of aromatic nitrogens is 1. The van der Waals surface area contributed by atoms with E-state index in [-0.39, 0.29) is 18.1 Å². The summed E-state index contributed by atoms with van der Waals surface area (Å²) >= 11 is 0. The topological polar surface area (TPSA) is 87.6 Å². The number of hydrogen-bond donors (Lipinski definition) is 1. The van der Waals surface area contributed by atoms with Crippen LogP contribution in [0.2, 0.25) is 0 Å². The molecular formula is C20H22N2O4. The number of hydrogen-bond acceptors (Lipinski definition) is 6. The Morgan fingerprint density at radius 2 is 1.85 bits per heavy atom. The molecule has 0 aliphatic heterocycles. The van der Waals surface area contributed by atoms with Crippen molar-refractivity contribution in [2.75, 3.05) is 19.5 Å². The number of ether oxygens (including phenoxy) is 2. The molecule has 136 valence electrons. The Kier molecular flexibility index (Phi) is 4.59. The molecule has 6 heteroatoms. The molecule has 1 aromatic carbocycles. The zero-order chi connectivity index (χ0) is 19.0. The van der Waals surface area contributed by atoms with Crippen LogP contribution in [0.4, 0.5) is 5.69 Å². The van der Waals surface area contributed by atoms with Crippen molar-refractivity contribution in [3.8, 4) is 17.0 Å². The smallest absolute Gasteiger partial charge is 0.376 e. The fourth-order valence-corrected chi connectivity index (χ4v) is 2.96. The molecule has 0 atom stereocenters. The number of aryl methyl sites for hydroxylation is 3. The molecule has 0 spiro atoms. The average Bonchev–Trinajstić information content (AvgIpc) is 2.94. The number of rotatable bonds is 4. The number of nitrogens with zero attached hydrogens (tertiary/aromatic N) is 1. The summed E-state index contributed by atoms with van der Waals surface area (Å²) in [5, 5.41) is 0.625. The minimum absolute atomic E-state index is 0.0124. The van der Waals surface area contributed by atoms with Gasteiger partial charge in [0, 0.05) is 5.56 Å². The minimum Gasteiger partial charge on any atom is -0.496 e. The second-order valence-electron chi connectivity index (χ2n) is 6.21. The van der Waals surface area contributed by atoms with E-state index in [0.29, 0.717) is 16.8 Å². The number of carbonyl (C=O) groups is 1. The summed E-state index contributed by atoms with van der Waals surface area (Å²) < 4.78 is 16.1. The molecule has 0 radical (unpaired) electrons. The number of benzene rings is 1. The van der Waals surface area contributed by atoms with E-state index in [1.54, 1.807) is 14.0 Å². The van der Waals surface area contributed by atoms with Crippen molar-refractivity contribution in [3.05, 3.63) is 40.6 Å². The summed E-state index contributed by atoms with van der Waals surface area (Å²) in [6, 6.07) is 5.92. The van der Waals surface area contributed by atoms with Gasteiger partial charge in [-0.25, -0.2) is 9.78 Å². The number of furan rings is 1. The third-order valence-electron chi connectivity index (χ3n) is 4.45. The lowest BCUT2D eigenvalue weighted by Gasteiger charge is -2.12. The third-order valence-corrected chi connectivity index (χ3v) is 4.45. The highest BCUT2D eigenvalue weighted by Crippen LogP contribution is 2.36. The molecule has 0 aliphatic carbocycles. The molecule has 0 amide bonds. The van der Waals surface area contributed by atoms with Crippen LogP contribution in [0, 0.1) is 20.8 Å². The van der Waals surface area contributed by atoms with Crippen molar-refractivity contribution in [3.63, 3.8) is 0 Å². The van der Waals surface area contributed by atoms with E-state index in [9.17, 15) is 4.79 Å². The van der Waals surface area contributed by atoms with Crippen molar-refractivity contribution < 1.29 is 18.7 Å². The van der Waals surface area contributed by atoms with Crippen LogP contribution < -0.4 is 10.5 Å². The van der Waals surface area contributed by atoms with Crippen molar-refractivity contribution in [2.24, 2.45) is 0 Å². The number of carbonyl (C=O) groups excluding carboxylic acids is 1. The van der Waals surface area contributed by atoms with E-state index < -0.39 is 5.97 Å². The monoisotopic (exact) mass is 354 g/mol. The van der Waals surface area contributed by atoms with Gasteiger partial charge >= 0.3 is 5.97 Å². The minimum atomic E-state index is -0.590. The van der Waals surface area contributed by atoms with Crippen LogP contribution >= 0.6 is 0 Å². The van der Waals surface area contributed by atoms with E-state index in [0.717, 1.165) is 28.0 Å². The molecule has 0 fully saturated rings. The number of pyridine rings is 1. The predicted molar refractivity (Wildman–Crippen MR) is 101 cm³/mol. The Bertz CT molecular complexity index is 1000. The SMILES string of the molecule is CCOC(=O)c1oc2nc(-c3cc(C)c(C)cc3OC)cc(C)c2c1N. The zero-order valence-electron chi connectivity index (χ0n) is 15.6. The summed E-state index contributed by atoms with van der Waals surface area (Å²) in [6.45, 7) is 7.94. The summed E-state index contributed by atoms with van der Waals surface area (Å²) in [4.78, 5) is 16.6. The molecule has 3 aromatic rings. The van der Waals surface area contributed by atoms with E-state index in [2.05, 4.69) is 4.98 Å². The van der Waals surface area contributed by atoms with Gasteiger partial charge in [0.1, 0.15) is 5.75 Å². The van der Waals surface area contributed by atoms with Crippen LogP contribution in [0.3, 0.4) is 0 Å². The van der Waals surface area contributed by atoms with Gasteiger partial charge in [0.05, 0.1) is 30.5 Å². The van der Waals surface area contributed by atoms with Gasteiger partial charge in [-0.1, -0.05) is 0 Å². The summed E-state index contributed by atoms with van der Waals surface area (Å²) in [7, 11) is 1.63. The number of methoxy groups -OCH3 is 1. The highest BCUT2D eigenvalue weighted by Gasteiger charge is 2.23. The molecule has 2 aromatic heterocycles. The fourth-order valence-electron chi connectivity index (χ4n) is 2.96. The second-order valence-corrected chi connectivity index (χ2v) is 6.21. The Hall–Kier alpha value is -3.02. The van der Waals surface area contributed by atoms with Crippen molar-refractivity contribution in [2.45, 2.75) is 27.7 Å². The van der Waals surface area contributed by atoms with E-state index in [1.165, 1.54) is 0 Å². The number of esters is 1. The number of nitrogen functional groups attached to an aromatic ring is 1. The Balaban J connectivity index is 2.22. The average molecular weight is 354 g/mol. The van der Waals surface area contributed by atoms with Gasteiger partial charge in [-0.3, -0.25) is 0 Å². The number of anilines is 1. The van der Waals surface area contributed by atoms with Gasteiger partial charge in [0.2, 0.25) is 11.5 Å². The Morgan fingerprint density at radius 3 is 2.50 bits per heavy atom. The molecule has 6 nitrogen and oxygen atoms in total. The Morgan fingerprint density at radius 1 is 1.15 bits per heavy atom. The zero-order valence-corrected chi connectivity index (χ0v) is 15.6. The molecule has 0 bridgehead atoms. The van der Waals surface area contributed by atoms with Crippen LogP contribution in [-0.4, -0.2) is 24.7 Å². The lowest BCUT2D eigenvalue weighted by Crippen LogP contribution is -2.05. The van der Waals surface area contributed by atoms with Crippen LogP contribution in [0.25, 0.3) is 22.4 Å². The summed E-state index contributed by atoms with van der Waals surface area (Å²) in [5.74, 6) is 0.124. The molecular weight excluding hydrogens is 332 g/mol. The van der Waals surface area contributed by atoms with Gasteiger partial charge in [-0.2, -0.15) is 0 Å². The number of fused-ring (bicyclic) bond motifs is 1. The number of nitrogens with two attached hydrogens (primary N) is 1. The van der Waals surface area contributed by atoms with Gasteiger partial charge in [-0.15, -0.1) is 0 Å². The molecule has 2 heterocycles. The van der Waals surface area contributed by atoms with Crippen molar-refractivity contribution in [1.29, 1.82) is 0 Å². The molecule has 3 rings (SSSR count). The van der Waals surface area contributed by atoms with E-state index >= 15 is 0 Å². The van der Waals surface area contributed by atoms with Crippen molar-refractivity contribution in [1.82, 2.24) is 4.98 Å². The quantitative estimate of drug-likeness (QED) is 0.707. The van der Waals surface area contributed by atoms with Crippen LogP contribution in [0.1, 0.15) is 34.2 Å². The first-order valence-corrected chi connectivity index (χ1v) is 8.39. The van der Waals surface area contributed by atoms with Gasteiger partial charge in [0.25, 0.3) is 0 Å². The van der Waals surface area contributed by atoms with E-state index in [1.807, 2.05) is 39.0 Å². The van der Waals surface area contributed by atoms with Gasteiger partial charge in [-0.05, 0) is 62.6 Å². The molecule has 0 unspecified atom stereocenters. The first-order chi connectivity index (χ1) is 12.4. The third kappa shape index (κ3) is 2.87. The Labute approximate surface area is 151 Å². The maximum absolute atomic E-state index is 12.0. The molecule has 26 heavy (non-hydrogen) atoms. The molecule has 0 aliphatic rings. The maximum Gasteiger partial charge on any atom is 0.376 e. The van der Waals surface area contributed by atoms with E-state index in [4.69, 9.17) is 19.6 Å². The summed E-state index contributed by atoms with van der Waals surface area (Å²) in [5.41, 5.74) is 11.3. The fraction of sp³-hybridized carbons (Fsp3) is 0.300. The predicted octanol–water partition coefficient (Wildman–Crippen LogP) is 4.19. The molecule has 2 N–H and O–H groups in total. The normalized spacial score (nSPS) is 11.0. The highest BCUT2D eigenvalue weighted by atomic mass is 16.5. The lowest BCUT2D eigenvalue weighted by atomic mass is 10.0. The van der Waals surface area contributed by atoms with Crippen LogP contribution in [-0.2, 0) is 4.74 Å². The second kappa shape index (κ2) is 6.71. The lowest BCUT2D eigenvalue weighted by molar-refractivity contribution is 0.0494. The standard InChI is InChI=1S/C20H22N2O4/c1-6-25-20(23)18-17(21)16-12(4)8-14(22-19(16)26-18)13-7-10(2)11(3)9-15(13)24-5/h7-9H,6,21H2,1-5H3. The first kappa shape index (κ1) is 17.8. The van der Waals surface area contributed by atoms with Gasteiger partial charge < -0.3 is 19.6 Å². The van der Waals surface area contributed by atoms with Gasteiger partial charge in [0.15, 0.2) is 0 Å². The molecule has 0 saturated carbocycles. The van der Waals surface area contributed by atoms with Crippen LogP contribution in [0.5, 0.6) is 5.75 Å².